The van der Waals surface area contributed by atoms with Crippen LogP contribution >= 0.6 is 0 Å². The van der Waals surface area contributed by atoms with Gasteiger partial charge in [-0.1, -0.05) is 140 Å². The lowest BCUT2D eigenvalue weighted by Gasteiger charge is -2.26. The molecule has 0 unspecified atom stereocenters. The van der Waals surface area contributed by atoms with E-state index in [1.54, 1.807) is 0 Å². The Morgan fingerprint density at radius 1 is 0.312 bits per heavy atom. The van der Waals surface area contributed by atoms with Crippen molar-refractivity contribution >= 4 is 82.7 Å². The van der Waals surface area contributed by atoms with E-state index in [-0.39, 0.29) is 0 Å². The number of hydrogen-bond donors (Lipinski definition) is 0. The maximum absolute atomic E-state index is 6.55. The van der Waals surface area contributed by atoms with Crippen molar-refractivity contribution < 1.29 is 8.83 Å². The minimum Gasteiger partial charge on any atom is -0.456 e. The van der Waals surface area contributed by atoms with Gasteiger partial charge in [0.2, 0.25) is 0 Å². The number of aromatic nitrogens is 1. The van der Waals surface area contributed by atoms with Crippen molar-refractivity contribution in [1.82, 2.24) is 4.57 Å². The number of nitrogens with zero attached hydrogens (tertiary/aromatic N) is 2. The Labute approximate surface area is 369 Å². The summed E-state index contributed by atoms with van der Waals surface area (Å²) in [5.74, 6) is 0. The van der Waals surface area contributed by atoms with Gasteiger partial charge in [-0.25, -0.2) is 0 Å². The van der Waals surface area contributed by atoms with Gasteiger partial charge in [-0.2, -0.15) is 0 Å². The first-order valence-electron chi connectivity index (χ1n) is 21.7. The summed E-state index contributed by atoms with van der Waals surface area (Å²) in [6, 6.07) is 82.1. The van der Waals surface area contributed by atoms with Gasteiger partial charge in [0, 0.05) is 44.0 Å². The van der Waals surface area contributed by atoms with Gasteiger partial charge in [-0.3, -0.25) is 0 Å². The normalized spacial score (nSPS) is 11.8. The van der Waals surface area contributed by atoms with Crippen LogP contribution in [0.1, 0.15) is 0 Å². The van der Waals surface area contributed by atoms with Gasteiger partial charge in [-0.15, -0.1) is 0 Å². The first-order valence-corrected chi connectivity index (χ1v) is 21.7. The van der Waals surface area contributed by atoms with E-state index < -0.39 is 0 Å². The molecular formula is C60H38N2O2. The van der Waals surface area contributed by atoms with E-state index in [0.29, 0.717) is 0 Å². The summed E-state index contributed by atoms with van der Waals surface area (Å²) in [7, 11) is 0. The maximum atomic E-state index is 6.55. The molecule has 3 heterocycles. The Balaban J connectivity index is 0.923. The van der Waals surface area contributed by atoms with Crippen LogP contribution in [0.4, 0.5) is 17.1 Å². The molecular weight excluding hydrogens is 781 g/mol. The molecule has 0 saturated heterocycles. The number of rotatable bonds is 7. The largest absolute Gasteiger partial charge is 0.456 e. The quantitative estimate of drug-likeness (QED) is 0.161. The van der Waals surface area contributed by atoms with E-state index in [1.165, 1.54) is 38.5 Å². The molecule has 0 aliphatic carbocycles. The van der Waals surface area contributed by atoms with Crippen LogP contribution in [0.5, 0.6) is 0 Å². The Morgan fingerprint density at radius 2 is 0.844 bits per heavy atom. The van der Waals surface area contributed by atoms with Crippen molar-refractivity contribution in [2.45, 2.75) is 0 Å². The number of benzene rings is 10. The Kier molecular flexibility index (Phi) is 8.18. The Bertz CT molecular complexity index is 3880. The van der Waals surface area contributed by atoms with Crippen LogP contribution in [0.2, 0.25) is 0 Å². The lowest BCUT2D eigenvalue weighted by atomic mass is 9.96. The third-order valence-corrected chi connectivity index (χ3v) is 12.8. The minimum atomic E-state index is 0.859. The second-order valence-electron chi connectivity index (χ2n) is 16.5. The van der Waals surface area contributed by atoms with Crippen molar-refractivity contribution in [2.75, 3.05) is 4.90 Å². The Hall–Kier alpha value is -8.60. The van der Waals surface area contributed by atoms with E-state index in [9.17, 15) is 0 Å². The third kappa shape index (κ3) is 5.77. The van der Waals surface area contributed by atoms with Crippen molar-refractivity contribution in [3.05, 3.63) is 231 Å². The summed E-state index contributed by atoms with van der Waals surface area (Å²) >= 11 is 0. The van der Waals surface area contributed by atoms with Crippen LogP contribution in [0.3, 0.4) is 0 Å². The molecule has 0 atom stereocenters. The number of para-hydroxylation sites is 3. The van der Waals surface area contributed by atoms with Crippen LogP contribution < -0.4 is 4.90 Å². The fraction of sp³-hybridized carbons (Fsp3) is 0. The molecule has 0 N–H and O–H groups in total. The van der Waals surface area contributed by atoms with Crippen molar-refractivity contribution in [2.24, 2.45) is 0 Å². The maximum Gasteiger partial charge on any atom is 0.137 e. The van der Waals surface area contributed by atoms with Crippen LogP contribution in [-0.2, 0) is 0 Å². The van der Waals surface area contributed by atoms with E-state index in [1.807, 2.05) is 12.1 Å². The van der Waals surface area contributed by atoms with Crippen LogP contribution in [0.25, 0.3) is 105 Å². The van der Waals surface area contributed by atoms with Gasteiger partial charge in [0.25, 0.3) is 0 Å². The molecule has 0 amide bonds. The van der Waals surface area contributed by atoms with Gasteiger partial charge < -0.3 is 18.3 Å². The molecule has 0 aliphatic rings. The molecule has 0 spiro atoms. The van der Waals surface area contributed by atoms with Gasteiger partial charge in [0.1, 0.15) is 22.3 Å². The average molecular weight is 819 g/mol. The summed E-state index contributed by atoms with van der Waals surface area (Å²) in [5.41, 5.74) is 17.1. The van der Waals surface area contributed by atoms with Gasteiger partial charge in [0.15, 0.2) is 0 Å². The second kappa shape index (κ2) is 14.5. The highest BCUT2D eigenvalue weighted by Gasteiger charge is 2.21. The number of anilines is 3. The molecule has 0 fully saturated rings. The van der Waals surface area contributed by atoms with Crippen molar-refractivity contribution in [1.29, 1.82) is 0 Å². The minimum absolute atomic E-state index is 0.859. The SMILES string of the molecule is c1ccc(-c2ccc(N(c3ccc(-c4cccc5oc6ccc(-c7ccc8c(c7)c7ccccc7n8-c7ccccc7)cc6c45)cc3)c3cccc4oc5ccccc5c34)cc2)cc1. The lowest BCUT2D eigenvalue weighted by molar-refractivity contribution is 0.668. The molecule has 3 aromatic heterocycles. The zero-order valence-corrected chi connectivity index (χ0v) is 34.7. The monoisotopic (exact) mass is 818 g/mol. The Morgan fingerprint density at radius 3 is 1.61 bits per heavy atom. The standard InChI is InChI=1S/C60H38N2O2/c1-3-13-39(14-4-1)40-25-31-45(32-26-40)61(54-21-12-24-58-60(54)49-18-8-10-22-55(49)63-58)46-33-27-41(28-34-46)47-19-11-23-57-59(47)51-38-43(30-36-56(51)64-57)42-29-35-53-50(37-42)48-17-7-9-20-52(48)62(53)44-15-5-2-6-16-44/h1-38H. The first kappa shape index (κ1) is 36.1. The summed E-state index contributed by atoms with van der Waals surface area (Å²) in [6.07, 6.45) is 0. The highest BCUT2D eigenvalue weighted by atomic mass is 16.3. The van der Waals surface area contributed by atoms with Crippen molar-refractivity contribution in [3.63, 3.8) is 0 Å². The molecule has 0 aliphatic heterocycles. The molecule has 13 aromatic rings. The van der Waals surface area contributed by atoms with Crippen LogP contribution in [-0.4, -0.2) is 4.57 Å². The molecule has 0 bridgehead atoms. The molecule has 10 aromatic carbocycles. The molecule has 13 rings (SSSR count). The zero-order valence-electron chi connectivity index (χ0n) is 34.7. The molecule has 4 heteroatoms. The predicted octanol–water partition coefficient (Wildman–Crippen LogP) is 17.1. The molecule has 4 nitrogen and oxygen atoms in total. The summed E-state index contributed by atoms with van der Waals surface area (Å²) < 4.78 is 15.3. The molecule has 64 heavy (non-hydrogen) atoms. The second-order valence-corrected chi connectivity index (χ2v) is 16.5. The highest BCUT2D eigenvalue weighted by Crippen LogP contribution is 2.45. The first-order chi connectivity index (χ1) is 31.7. The summed E-state index contributed by atoms with van der Waals surface area (Å²) in [6.45, 7) is 0. The zero-order chi connectivity index (χ0) is 42.1. The van der Waals surface area contributed by atoms with Gasteiger partial charge >= 0.3 is 0 Å². The highest BCUT2D eigenvalue weighted by molar-refractivity contribution is 6.15. The number of furan rings is 2. The molecule has 300 valence electrons. The average Bonchev–Trinajstić information content (AvgIpc) is 4.05. The molecule has 0 radical (unpaired) electrons. The van der Waals surface area contributed by atoms with Gasteiger partial charge in [-0.05, 0) is 124 Å². The van der Waals surface area contributed by atoms with Gasteiger partial charge in [0.05, 0.1) is 22.1 Å². The third-order valence-electron chi connectivity index (χ3n) is 12.8. The smallest absolute Gasteiger partial charge is 0.137 e. The lowest BCUT2D eigenvalue weighted by Crippen LogP contribution is -2.10. The van der Waals surface area contributed by atoms with E-state index in [0.717, 1.165) is 83.3 Å². The van der Waals surface area contributed by atoms with Crippen molar-refractivity contribution in [3.8, 4) is 39.1 Å². The topological polar surface area (TPSA) is 34.5 Å². The molecule has 0 saturated carbocycles. The number of fused-ring (bicyclic) bond motifs is 9. The van der Waals surface area contributed by atoms with Crippen LogP contribution in [0.15, 0.2) is 239 Å². The van der Waals surface area contributed by atoms with E-state index in [4.69, 9.17) is 8.83 Å². The summed E-state index contributed by atoms with van der Waals surface area (Å²) in [5, 5.41) is 6.84. The van der Waals surface area contributed by atoms with E-state index >= 15 is 0 Å². The fourth-order valence-electron chi connectivity index (χ4n) is 9.85. The predicted molar refractivity (Wildman–Crippen MR) is 266 cm³/mol. The van der Waals surface area contributed by atoms with Crippen LogP contribution in [0, 0.1) is 0 Å². The van der Waals surface area contributed by atoms with E-state index in [2.05, 4.69) is 228 Å². The fourth-order valence-corrected chi connectivity index (χ4v) is 9.85. The summed E-state index contributed by atoms with van der Waals surface area (Å²) in [4.78, 5) is 2.34. The number of hydrogen-bond acceptors (Lipinski definition) is 3.